The molecule has 0 bridgehead atoms. The Kier molecular flexibility index (Phi) is 3.06. The molecular formula is C11H12N4O2. The molecule has 6 nitrogen and oxygen atoms in total. The zero-order valence-corrected chi connectivity index (χ0v) is 9.20. The van der Waals surface area contributed by atoms with E-state index in [-0.39, 0.29) is 5.75 Å². The number of nitrogens with one attached hydrogen (secondary N) is 1. The molecule has 0 amide bonds. The van der Waals surface area contributed by atoms with E-state index in [4.69, 9.17) is 5.21 Å². The van der Waals surface area contributed by atoms with E-state index in [1.54, 1.807) is 29.1 Å². The predicted octanol–water partition coefficient (Wildman–Crippen LogP) is 1.52. The number of hydrogen-bond acceptors (Lipinski definition) is 4. The Bertz CT molecular complexity index is 548. The van der Waals surface area contributed by atoms with Crippen LogP contribution >= 0.6 is 0 Å². The van der Waals surface area contributed by atoms with E-state index in [0.29, 0.717) is 5.82 Å². The highest BCUT2D eigenvalue weighted by Crippen LogP contribution is 2.21. The number of hydroxylamine groups is 1. The summed E-state index contributed by atoms with van der Waals surface area (Å²) in [6, 6.07) is 6.84. The maximum Gasteiger partial charge on any atom is 0.174 e. The first-order chi connectivity index (χ1) is 8.22. The summed E-state index contributed by atoms with van der Waals surface area (Å²) in [7, 11) is 0. The minimum absolute atomic E-state index is 0.192. The van der Waals surface area contributed by atoms with Crippen molar-refractivity contribution in [3.8, 4) is 11.4 Å². The second-order valence-electron chi connectivity index (χ2n) is 3.43. The average Bonchev–Trinajstić information content (AvgIpc) is 2.68. The number of aliphatic imine (C=N–C) groups is 1. The van der Waals surface area contributed by atoms with Crippen molar-refractivity contribution in [3.63, 3.8) is 0 Å². The third-order valence-electron chi connectivity index (χ3n) is 2.33. The maximum atomic E-state index is 9.41. The van der Waals surface area contributed by atoms with Gasteiger partial charge in [0.2, 0.25) is 0 Å². The number of aromatic nitrogens is 2. The van der Waals surface area contributed by atoms with Crippen molar-refractivity contribution in [1.29, 1.82) is 0 Å². The van der Waals surface area contributed by atoms with Crippen molar-refractivity contribution in [1.82, 2.24) is 15.0 Å². The number of phenols is 1. The summed E-state index contributed by atoms with van der Waals surface area (Å²) >= 11 is 0. The van der Waals surface area contributed by atoms with Crippen molar-refractivity contribution >= 4 is 12.2 Å². The molecule has 0 fully saturated rings. The number of nitrogens with zero attached hydrogens (tertiary/aromatic N) is 3. The summed E-state index contributed by atoms with van der Waals surface area (Å²) in [6.45, 7) is 1.85. The SMILES string of the molecule is Cc1c(N=CNO)ncn1-c1cccc(O)c1. The molecule has 17 heavy (non-hydrogen) atoms. The first kappa shape index (κ1) is 11.2. The van der Waals surface area contributed by atoms with E-state index in [1.807, 2.05) is 18.5 Å². The molecule has 2 rings (SSSR count). The van der Waals surface area contributed by atoms with Gasteiger partial charge in [0, 0.05) is 6.07 Å². The monoisotopic (exact) mass is 232 g/mol. The molecule has 0 aliphatic carbocycles. The molecule has 1 heterocycles. The molecule has 1 aromatic heterocycles. The molecule has 0 saturated heterocycles. The Hall–Kier alpha value is -2.34. The molecule has 0 aliphatic heterocycles. The van der Waals surface area contributed by atoms with E-state index in [9.17, 15) is 5.11 Å². The van der Waals surface area contributed by atoms with E-state index < -0.39 is 0 Å². The van der Waals surface area contributed by atoms with Crippen molar-refractivity contribution < 1.29 is 10.3 Å². The third-order valence-corrected chi connectivity index (χ3v) is 2.33. The van der Waals surface area contributed by atoms with Gasteiger partial charge in [0.25, 0.3) is 0 Å². The first-order valence-electron chi connectivity index (χ1n) is 4.98. The van der Waals surface area contributed by atoms with Crippen LogP contribution in [0.4, 0.5) is 5.82 Å². The van der Waals surface area contributed by atoms with Gasteiger partial charge in [0.15, 0.2) is 5.82 Å². The Balaban J connectivity index is 2.40. The quantitative estimate of drug-likeness (QED) is 0.425. The second-order valence-corrected chi connectivity index (χ2v) is 3.43. The van der Waals surface area contributed by atoms with Crippen LogP contribution in [0.1, 0.15) is 5.69 Å². The molecule has 0 aliphatic rings. The van der Waals surface area contributed by atoms with Gasteiger partial charge in [-0.1, -0.05) is 6.07 Å². The van der Waals surface area contributed by atoms with Crippen LogP contribution in [0.15, 0.2) is 35.6 Å². The van der Waals surface area contributed by atoms with Crippen LogP contribution in [0.5, 0.6) is 5.75 Å². The van der Waals surface area contributed by atoms with Crippen LogP contribution in [0.3, 0.4) is 0 Å². The van der Waals surface area contributed by atoms with Crippen LogP contribution in [-0.2, 0) is 0 Å². The highest BCUT2D eigenvalue weighted by molar-refractivity contribution is 5.59. The summed E-state index contributed by atoms with van der Waals surface area (Å²) in [5.41, 5.74) is 3.43. The minimum Gasteiger partial charge on any atom is -0.508 e. The standard InChI is InChI=1S/C11H12N4O2/c1-8-11(12-6-14-17)13-7-15(8)9-3-2-4-10(16)5-9/h2-7,16-17H,1H3,(H,12,14). The molecular weight excluding hydrogens is 220 g/mol. The van der Waals surface area contributed by atoms with Crippen molar-refractivity contribution in [3.05, 3.63) is 36.3 Å². The fraction of sp³-hybridized carbons (Fsp3) is 0.0909. The summed E-state index contributed by atoms with van der Waals surface area (Å²) in [5.74, 6) is 0.688. The average molecular weight is 232 g/mol. The molecule has 0 spiro atoms. The zero-order valence-electron chi connectivity index (χ0n) is 9.20. The van der Waals surface area contributed by atoms with Gasteiger partial charge in [-0.15, -0.1) is 0 Å². The largest absolute Gasteiger partial charge is 0.508 e. The normalized spacial score (nSPS) is 10.9. The fourth-order valence-electron chi connectivity index (χ4n) is 1.52. The molecule has 0 saturated carbocycles. The van der Waals surface area contributed by atoms with Crippen molar-refractivity contribution in [2.24, 2.45) is 4.99 Å². The van der Waals surface area contributed by atoms with Crippen LogP contribution in [-0.4, -0.2) is 26.2 Å². The van der Waals surface area contributed by atoms with E-state index in [0.717, 1.165) is 17.7 Å². The van der Waals surface area contributed by atoms with Gasteiger partial charge >= 0.3 is 0 Å². The van der Waals surface area contributed by atoms with Gasteiger partial charge < -0.3 is 9.67 Å². The van der Waals surface area contributed by atoms with Crippen molar-refractivity contribution in [2.75, 3.05) is 0 Å². The van der Waals surface area contributed by atoms with Crippen LogP contribution in [0, 0.1) is 6.92 Å². The highest BCUT2D eigenvalue weighted by atomic mass is 16.5. The summed E-state index contributed by atoms with van der Waals surface area (Å²) in [5, 5.41) is 17.8. The Morgan fingerprint density at radius 3 is 3.00 bits per heavy atom. The summed E-state index contributed by atoms with van der Waals surface area (Å²) in [4.78, 5) is 8.00. The number of rotatable bonds is 3. The van der Waals surface area contributed by atoms with Gasteiger partial charge in [-0.3, -0.25) is 10.7 Å². The number of benzene rings is 1. The first-order valence-corrected chi connectivity index (χ1v) is 4.98. The molecule has 88 valence electrons. The summed E-state index contributed by atoms with van der Waals surface area (Å²) in [6.07, 6.45) is 2.75. The lowest BCUT2D eigenvalue weighted by Gasteiger charge is -2.05. The fourth-order valence-corrected chi connectivity index (χ4v) is 1.52. The molecule has 0 radical (unpaired) electrons. The van der Waals surface area contributed by atoms with Gasteiger partial charge in [0.1, 0.15) is 18.4 Å². The topological polar surface area (TPSA) is 82.7 Å². The van der Waals surface area contributed by atoms with E-state index in [1.165, 1.54) is 0 Å². The lowest BCUT2D eigenvalue weighted by Crippen LogP contribution is -2.01. The molecule has 0 unspecified atom stereocenters. The molecule has 1 aromatic carbocycles. The predicted molar refractivity (Wildman–Crippen MR) is 63.0 cm³/mol. The van der Waals surface area contributed by atoms with E-state index in [2.05, 4.69) is 9.98 Å². The second kappa shape index (κ2) is 4.67. The van der Waals surface area contributed by atoms with Crippen molar-refractivity contribution in [2.45, 2.75) is 6.92 Å². The van der Waals surface area contributed by atoms with Crippen LogP contribution in [0.2, 0.25) is 0 Å². The minimum atomic E-state index is 0.192. The Labute approximate surface area is 97.8 Å². The van der Waals surface area contributed by atoms with Gasteiger partial charge in [-0.05, 0) is 19.1 Å². The maximum absolute atomic E-state index is 9.41. The van der Waals surface area contributed by atoms with Gasteiger partial charge in [0.05, 0.1) is 11.4 Å². The highest BCUT2D eigenvalue weighted by Gasteiger charge is 2.06. The number of aromatic hydroxyl groups is 1. The number of hydrogen-bond donors (Lipinski definition) is 3. The Morgan fingerprint density at radius 2 is 2.29 bits per heavy atom. The number of imidazole rings is 1. The molecule has 2 aromatic rings. The van der Waals surface area contributed by atoms with Gasteiger partial charge in [-0.2, -0.15) is 0 Å². The lowest BCUT2D eigenvalue weighted by molar-refractivity contribution is 0.240. The molecule has 3 N–H and O–H groups in total. The zero-order chi connectivity index (χ0) is 12.3. The van der Waals surface area contributed by atoms with Gasteiger partial charge in [-0.25, -0.2) is 9.98 Å². The smallest absolute Gasteiger partial charge is 0.174 e. The number of phenolic OH excluding ortho intramolecular Hbond substituents is 1. The molecule has 6 heteroatoms. The van der Waals surface area contributed by atoms with Crippen LogP contribution in [0.25, 0.3) is 5.69 Å². The van der Waals surface area contributed by atoms with E-state index >= 15 is 0 Å². The Morgan fingerprint density at radius 1 is 1.47 bits per heavy atom. The lowest BCUT2D eigenvalue weighted by atomic mass is 10.3. The van der Waals surface area contributed by atoms with Crippen LogP contribution < -0.4 is 5.48 Å². The molecule has 0 atom stereocenters. The summed E-state index contributed by atoms with van der Waals surface area (Å²) < 4.78 is 1.80. The third kappa shape index (κ3) is 2.26.